The molecule has 0 fully saturated rings. The predicted octanol–water partition coefficient (Wildman–Crippen LogP) is 2.57. The monoisotopic (exact) mass is 400 g/mol. The third kappa shape index (κ3) is 6.74. The van der Waals surface area contributed by atoms with Crippen molar-refractivity contribution in [3.05, 3.63) is 42.4 Å². The third-order valence-electron chi connectivity index (χ3n) is 4.21. The maximum atomic E-state index is 11.9. The highest BCUT2D eigenvalue weighted by Gasteiger charge is 2.12. The van der Waals surface area contributed by atoms with E-state index in [2.05, 4.69) is 20.9 Å². The minimum atomic E-state index is -0.113. The summed E-state index contributed by atoms with van der Waals surface area (Å²) in [6.45, 7) is 4.58. The molecule has 1 amide bonds. The fourth-order valence-electron chi connectivity index (χ4n) is 2.75. The Morgan fingerprint density at radius 3 is 2.76 bits per heavy atom. The molecule has 29 heavy (non-hydrogen) atoms. The van der Waals surface area contributed by atoms with Crippen LogP contribution in [0.1, 0.15) is 25.5 Å². The van der Waals surface area contributed by atoms with Gasteiger partial charge in [0.05, 0.1) is 19.5 Å². The highest BCUT2D eigenvalue weighted by Crippen LogP contribution is 2.32. The molecule has 0 spiro atoms. The second-order valence-electron chi connectivity index (χ2n) is 6.61. The van der Waals surface area contributed by atoms with E-state index in [4.69, 9.17) is 13.9 Å². The van der Waals surface area contributed by atoms with Gasteiger partial charge < -0.3 is 29.8 Å². The number of ether oxygens (including phenoxy) is 2. The van der Waals surface area contributed by atoms with Crippen LogP contribution in [0.15, 0.2) is 46.0 Å². The number of aliphatic imine (C=N–C) groups is 1. The molecule has 156 valence electrons. The Labute approximate surface area is 170 Å². The number of fused-ring (bicyclic) bond motifs is 1. The van der Waals surface area contributed by atoms with E-state index in [9.17, 15) is 4.79 Å². The van der Waals surface area contributed by atoms with Crippen LogP contribution < -0.4 is 25.4 Å². The number of hydrogen-bond donors (Lipinski definition) is 3. The van der Waals surface area contributed by atoms with Crippen LogP contribution in [0.25, 0.3) is 0 Å². The van der Waals surface area contributed by atoms with Gasteiger partial charge in [0, 0.05) is 37.7 Å². The first-order chi connectivity index (χ1) is 14.2. The van der Waals surface area contributed by atoms with Gasteiger partial charge in [-0.05, 0) is 30.7 Å². The quantitative estimate of drug-likeness (QED) is 0.465. The molecule has 0 atom stereocenters. The predicted molar refractivity (Wildman–Crippen MR) is 112 cm³/mol. The van der Waals surface area contributed by atoms with Crippen LogP contribution >= 0.6 is 0 Å². The lowest BCUT2D eigenvalue weighted by atomic mass is 10.2. The zero-order valence-corrected chi connectivity index (χ0v) is 16.7. The smallest absolute Gasteiger partial charge is 0.241 e. The molecule has 0 saturated heterocycles. The van der Waals surface area contributed by atoms with E-state index in [0.717, 1.165) is 30.0 Å². The van der Waals surface area contributed by atoms with Gasteiger partial charge in [-0.25, -0.2) is 4.99 Å². The summed E-state index contributed by atoms with van der Waals surface area (Å²) >= 11 is 0. The Bertz CT molecular complexity index is 805. The molecule has 0 radical (unpaired) electrons. The van der Waals surface area contributed by atoms with E-state index in [1.807, 2.05) is 37.3 Å². The maximum Gasteiger partial charge on any atom is 0.241 e. The molecule has 0 bridgehead atoms. The van der Waals surface area contributed by atoms with Gasteiger partial charge >= 0.3 is 0 Å². The van der Waals surface area contributed by atoms with Crippen molar-refractivity contribution < 1.29 is 18.7 Å². The molecule has 1 aromatic heterocycles. The lowest BCUT2D eigenvalue weighted by Crippen LogP contribution is -2.34. The van der Waals surface area contributed by atoms with Gasteiger partial charge in [-0.2, -0.15) is 0 Å². The van der Waals surface area contributed by atoms with Gasteiger partial charge in [0.25, 0.3) is 0 Å². The summed E-state index contributed by atoms with van der Waals surface area (Å²) in [4.78, 5) is 16.3. The van der Waals surface area contributed by atoms with Crippen molar-refractivity contribution in [3.8, 4) is 11.5 Å². The number of amides is 1. The Morgan fingerprint density at radius 2 is 1.97 bits per heavy atom. The van der Waals surface area contributed by atoms with Crippen molar-refractivity contribution in [2.45, 2.75) is 26.2 Å². The number of rotatable bonds is 8. The van der Waals surface area contributed by atoms with Crippen LogP contribution in [0, 0.1) is 0 Å². The van der Waals surface area contributed by atoms with Gasteiger partial charge in [0.15, 0.2) is 17.5 Å². The molecular weight excluding hydrogens is 372 g/mol. The van der Waals surface area contributed by atoms with Crippen molar-refractivity contribution in [3.63, 3.8) is 0 Å². The van der Waals surface area contributed by atoms with Crippen LogP contribution in [0.3, 0.4) is 0 Å². The van der Waals surface area contributed by atoms with Crippen LogP contribution in [-0.4, -0.2) is 44.7 Å². The molecule has 2 heterocycles. The number of carbonyl (C=O) groups is 1. The number of furan rings is 1. The number of guanidine groups is 1. The first-order valence-corrected chi connectivity index (χ1v) is 9.98. The third-order valence-corrected chi connectivity index (χ3v) is 4.21. The van der Waals surface area contributed by atoms with Crippen molar-refractivity contribution in [1.82, 2.24) is 10.6 Å². The molecule has 1 aromatic carbocycles. The Kier molecular flexibility index (Phi) is 7.80. The summed E-state index contributed by atoms with van der Waals surface area (Å²) in [5, 5.41) is 9.30. The Balaban J connectivity index is 1.64. The number of hydrogen-bond acceptors (Lipinski definition) is 5. The molecule has 1 aliphatic rings. The summed E-state index contributed by atoms with van der Waals surface area (Å²) < 4.78 is 16.8. The molecule has 3 N–H and O–H groups in total. The van der Waals surface area contributed by atoms with Crippen LogP contribution in [0.2, 0.25) is 0 Å². The summed E-state index contributed by atoms with van der Waals surface area (Å²) in [6.07, 6.45) is 4.10. The second kappa shape index (κ2) is 11.0. The Hall–Kier alpha value is -3.16. The standard InChI is InChI=1S/C21H28N4O4/c1-2-9-22-20(26)15-24-21(23-10-8-17-5-3-11-27-17)25-16-6-7-18-19(14-16)29-13-4-12-28-18/h3,5-7,11,14H,2,4,8-10,12-13,15H2,1H3,(H,22,26)(H2,23,24,25). The molecular formula is C21H28N4O4. The molecule has 8 nitrogen and oxygen atoms in total. The summed E-state index contributed by atoms with van der Waals surface area (Å²) in [6, 6.07) is 9.43. The van der Waals surface area contributed by atoms with E-state index in [0.29, 0.717) is 44.4 Å². The fraction of sp³-hybridized carbons (Fsp3) is 0.429. The highest BCUT2D eigenvalue weighted by molar-refractivity contribution is 5.95. The van der Waals surface area contributed by atoms with Crippen LogP contribution in [-0.2, 0) is 11.2 Å². The van der Waals surface area contributed by atoms with Crippen molar-refractivity contribution in [2.75, 3.05) is 38.2 Å². The van der Waals surface area contributed by atoms with E-state index < -0.39 is 0 Å². The minimum absolute atomic E-state index is 0.0423. The largest absolute Gasteiger partial charge is 0.490 e. The van der Waals surface area contributed by atoms with Gasteiger partial charge in [-0.1, -0.05) is 6.92 Å². The summed E-state index contributed by atoms with van der Waals surface area (Å²) in [7, 11) is 0. The lowest BCUT2D eigenvalue weighted by Gasteiger charge is -2.14. The molecule has 1 aliphatic heterocycles. The molecule has 2 aromatic rings. The molecule has 0 aliphatic carbocycles. The number of carbonyl (C=O) groups excluding carboxylic acids is 1. The number of benzene rings is 1. The van der Waals surface area contributed by atoms with E-state index in [1.165, 1.54) is 0 Å². The van der Waals surface area contributed by atoms with E-state index in [1.54, 1.807) is 6.26 Å². The number of nitrogens with zero attached hydrogens (tertiary/aromatic N) is 1. The van der Waals surface area contributed by atoms with Crippen LogP contribution in [0.4, 0.5) is 5.69 Å². The highest BCUT2D eigenvalue weighted by atomic mass is 16.5. The topological polar surface area (TPSA) is 97.1 Å². The average molecular weight is 400 g/mol. The van der Waals surface area contributed by atoms with Crippen molar-refractivity contribution >= 4 is 17.6 Å². The van der Waals surface area contributed by atoms with Gasteiger partial charge in [0.1, 0.15) is 12.3 Å². The SMILES string of the molecule is CCCNC(=O)CN=C(NCCc1ccco1)Nc1ccc2c(c1)OCCCO2. The lowest BCUT2D eigenvalue weighted by molar-refractivity contribution is -0.119. The second-order valence-corrected chi connectivity index (χ2v) is 6.61. The summed E-state index contributed by atoms with van der Waals surface area (Å²) in [5.41, 5.74) is 0.799. The Morgan fingerprint density at radius 1 is 1.10 bits per heavy atom. The molecule has 8 heteroatoms. The first-order valence-electron chi connectivity index (χ1n) is 9.98. The normalized spacial score (nSPS) is 13.5. The molecule has 0 saturated carbocycles. The van der Waals surface area contributed by atoms with E-state index in [-0.39, 0.29) is 12.5 Å². The van der Waals surface area contributed by atoms with Crippen molar-refractivity contribution in [1.29, 1.82) is 0 Å². The number of nitrogens with one attached hydrogen (secondary N) is 3. The molecule has 3 rings (SSSR count). The van der Waals surface area contributed by atoms with E-state index >= 15 is 0 Å². The zero-order valence-electron chi connectivity index (χ0n) is 16.7. The minimum Gasteiger partial charge on any atom is -0.490 e. The van der Waals surface area contributed by atoms with Crippen molar-refractivity contribution in [2.24, 2.45) is 4.99 Å². The molecule has 0 unspecified atom stereocenters. The van der Waals surface area contributed by atoms with Gasteiger partial charge in [-0.15, -0.1) is 0 Å². The summed E-state index contributed by atoms with van der Waals surface area (Å²) in [5.74, 6) is 2.71. The van der Waals surface area contributed by atoms with Gasteiger partial charge in [-0.3, -0.25) is 4.79 Å². The van der Waals surface area contributed by atoms with Crippen LogP contribution in [0.5, 0.6) is 11.5 Å². The fourth-order valence-corrected chi connectivity index (χ4v) is 2.75. The van der Waals surface area contributed by atoms with Gasteiger partial charge in [0.2, 0.25) is 5.91 Å². The number of anilines is 1. The first kappa shape index (κ1) is 20.6. The maximum absolute atomic E-state index is 11.9. The average Bonchev–Trinajstić information content (AvgIpc) is 3.14. The zero-order chi connectivity index (χ0) is 20.3.